The van der Waals surface area contributed by atoms with Gasteiger partial charge in [0, 0.05) is 19.9 Å². The number of aromatic nitrogens is 1. The number of halogens is 1. The number of benzene rings is 2. The molecule has 0 aliphatic rings. The van der Waals surface area contributed by atoms with Gasteiger partial charge >= 0.3 is 0 Å². The van der Waals surface area contributed by atoms with E-state index in [1.807, 2.05) is 24.3 Å². The van der Waals surface area contributed by atoms with Gasteiger partial charge in [0.15, 0.2) is 5.58 Å². The maximum Gasteiger partial charge on any atom is 0.228 e. The average molecular weight is 345 g/mol. The van der Waals surface area contributed by atoms with E-state index < -0.39 is 0 Å². The Hall–Kier alpha value is -1.85. The highest BCUT2D eigenvalue weighted by atomic mass is 79.9. The van der Waals surface area contributed by atoms with E-state index in [2.05, 4.69) is 38.4 Å². The Bertz CT molecular complexity index is 942. The smallest absolute Gasteiger partial charge is 0.228 e. The number of nitrogen functional groups attached to an aromatic ring is 1. The molecule has 0 atom stereocenters. The van der Waals surface area contributed by atoms with Crippen molar-refractivity contribution in [2.45, 2.75) is 0 Å². The van der Waals surface area contributed by atoms with E-state index in [4.69, 9.17) is 10.2 Å². The van der Waals surface area contributed by atoms with Crippen molar-refractivity contribution in [3.63, 3.8) is 0 Å². The number of rotatable bonds is 1. The fraction of sp³-hybridized carbons (Fsp3) is 0. The van der Waals surface area contributed by atoms with Crippen molar-refractivity contribution in [1.29, 1.82) is 0 Å². The SMILES string of the molecule is Nc1cc(Br)cc2nc(-c3csc4ccccc34)oc12. The molecule has 20 heavy (non-hydrogen) atoms. The van der Waals surface area contributed by atoms with Crippen LogP contribution in [0, 0.1) is 0 Å². The van der Waals surface area contributed by atoms with Crippen LogP contribution in [0.5, 0.6) is 0 Å². The van der Waals surface area contributed by atoms with Crippen LogP contribution in [-0.2, 0) is 0 Å². The molecule has 2 aromatic heterocycles. The first kappa shape index (κ1) is 11.9. The second-order valence-electron chi connectivity index (χ2n) is 4.51. The minimum Gasteiger partial charge on any atom is -0.434 e. The van der Waals surface area contributed by atoms with Gasteiger partial charge < -0.3 is 10.2 Å². The topological polar surface area (TPSA) is 52.0 Å². The molecule has 98 valence electrons. The normalized spacial score (nSPS) is 11.4. The minimum atomic E-state index is 0.590. The highest BCUT2D eigenvalue weighted by molar-refractivity contribution is 9.10. The molecule has 3 nitrogen and oxygen atoms in total. The average Bonchev–Trinajstić information content (AvgIpc) is 3.01. The lowest BCUT2D eigenvalue weighted by Gasteiger charge is -1.94. The molecule has 4 rings (SSSR count). The molecule has 2 aromatic carbocycles. The van der Waals surface area contributed by atoms with E-state index in [9.17, 15) is 0 Å². The summed E-state index contributed by atoms with van der Waals surface area (Å²) < 4.78 is 7.98. The Kier molecular flexibility index (Phi) is 2.58. The van der Waals surface area contributed by atoms with Crippen LogP contribution in [0.15, 0.2) is 50.7 Å². The standard InChI is InChI=1S/C15H9BrN2OS/c16-8-5-11(17)14-12(6-8)18-15(19-14)10-7-20-13-4-2-1-3-9(10)13/h1-7H,17H2. The monoisotopic (exact) mass is 344 g/mol. The Labute approximate surface area is 127 Å². The molecule has 0 aliphatic heterocycles. The fourth-order valence-corrected chi connectivity index (χ4v) is 3.68. The first-order chi connectivity index (χ1) is 9.72. The molecule has 4 aromatic rings. The van der Waals surface area contributed by atoms with E-state index in [-0.39, 0.29) is 0 Å². The van der Waals surface area contributed by atoms with Crippen LogP contribution in [0.2, 0.25) is 0 Å². The highest BCUT2D eigenvalue weighted by Gasteiger charge is 2.14. The number of nitrogens with zero attached hydrogens (tertiary/aromatic N) is 1. The third-order valence-corrected chi connectivity index (χ3v) is 4.62. The van der Waals surface area contributed by atoms with E-state index in [1.54, 1.807) is 11.3 Å². The lowest BCUT2D eigenvalue weighted by atomic mass is 10.2. The maximum atomic E-state index is 5.98. The van der Waals surface area contributed by atoms with Gasteiger partial charge in [0.05, 0.1) is 11.3 Å². The summed E-state index contributed by atoms with van der Waals surface area (Å²) in [4.78, 5) is 4.56. The summed E-state index contributed by atoms with van der Waals surface area (Å²) in [5, 5.41) is 3.22. The van der Waals surface area contributed by atoms with Crippen molar-refractivity contribution in [1.82, 2.24) is 4.98 Å². The van der Waals surface area contributed by atoms with Crippen LogP contribution in [0.1, 0.15) is 0 Å². The van der Waals surface area contributed by atoms with Crippen LogP contribution in [0.3, 0.4) is 0 Å². The van der Waals surface area contributed by atoms with Crippen molar-refractivity contribution in [2.75, 3.05) is 5.73 Å². The predicted molar refractivity (Wildman–Crippen MR) is 86.9 cm³/mol. The summed E-state index contributed by atoms with van der Waals surface area (Å²) in [6.45, 7) is 0. The zero-order chi connectivity index (χ0) is 13.7. The van der Waals surface area contributed by atoms with Crippen molar-refractivity contribution >= 4 is 54.1 Å². The van der Waals surface area contributed by atoms with Gasteiger partial charge in [-0.15, -0.1) is 11.3 Å². The van der Waals surface area contributed by atoms with Crippen LogP contribution in [0.4, 0.5) is 5.69 Å². The van der Waals surface area contributed by atoms with Crippen LogP contribution in [0.25, 0.3) is 32.6 Å². The molecular formula is C15H9BrN2OS. The van der Waals surface area contributed by atoms with E-state index in [0.717, 1.165) is 20.9 Å². The number of hydrogen-bond acceptors (Lipinski definition) is 4. The van der Waals surface area contributed by atoms with Gasteiger partial charge in [-0.2, -0.15) is 0 Å². The molecule has 2 N–H and O–H groups in total. The van der Waals surface area contributed by atoms with Gasteiger partial charge in [0.25, 0.3) is 0 Å². The number of fused-ring (bicyclic) bond motifs is 2. The van der Waals surface area contributed by atoms with Gasteiger partial charge in [-0.3, -0.25) is 0 Å². The summed E-state index contributed by atoms with van der Waals surface area (Å²) in [7, 11) is 0. The molecule has 0 aliphatic carbocycles. The van der Waals surface area contributed by atoms with Gasteiger partial charge in [0.2, 0.25) is 5.89 Å². The highest BCUT2D eigenvalue weighted by Crippen LogP contribution is 2.36. The van der Waals surface area contributed by atoms with Gasteiger partial charge in [0.1, 0.15) is 5.52 Å². The van der Waals surface area contributed by atoms with Gasteiger partial charge in [-0.25, -0.2) is 4.98 Å². The molecule has 2 heterocycles. The number of hydrogen-bond donors (Lipinski definition) is 1. The third-order valence-electron chi connectivity index (χ3n) is 3.19. The quantitative estimate of drug-likeness (QED) is 0.491. The summed E-state index contributed by atoms with van der Waals surface area (Å²) in [5.41, 5.74) is 8.98. The number of oxazole rings is 1. The summed E-state index contributed by atoms with van der Waals surface area (Å²) in [6.07, 6.45) is 0. The van der Waals surface area contributed by atoms with E-state index >= 15 is 0 Å². The molecule has 0 saturated heterocycles. The van der Waals surface area contributed by atoms with Crippen LogP contribution < -0.4 is 5.73 Å². The Balaban J connectivity index is 2.01. The van der Waals surface area contributed by atoms with E-state index in [0.29, 0.717) is 17.2 Å². The zero-order valence-electron chi connectivity index (χ0n) is 10.3. The van der Waals surface area contributed by atoms with Crippen molar-refractivity contribution < 1.29 is 4.42 Å². The lowest BCUT2D eigenvalue weighted by Crippen LogP contribution is -1.84. The molecule has 0 radical (unpaired) electrons. The number of thiophene rings is 1. The number of anilines is 1. The molecule has 0 unspecified atom stereocenters. The molecular weight excluding hydrogens is 336 g/mol. The Morgan fingerprint density at radius 2 is 2.05 bits per heavy atom. The minimum absolute atomic E-state index is 0.590. The first-order valence-corrected chi connectivity index (χ1v) is 7.72. The third kappa shape index (κ3) is 1.74. The molecule has 0 fully saturated rings. The molecule has 5 heteroatoms. The second-order valence-corrected chi connectivity index (χ2v) is 6.33. The lowest BCUT2D eigenvalue weighted by molar-refractivity contribution is 0.622. The zero-order valence-corrected chi connectivity index (χ0v) is 12.7. The van der Waals surface area contributed by atoms with Crippen molar-refractivity contribution in [2.24, 2.45) is 0 Å². The first-order valence-electron chi connectivity index (χ1n) is 6.04. The van der Waals surface area contributed by atoms with E-state index in [1.165, 1.54) is 4.70 Å². The van der Waals surface area contributed by atoms with Crippen LogP contribution >= 0.6 is 27.3 Å². The summed E-state index contributed by atoms with van der Waals surface area (Å²) in [5.74, 6) is 0.613. The molecule has 0 spiro atoms. The molecule has 0 bridgehead atoms. The molecule has 0 amide bonds. The van der Waals surface area contributed by atoms with Gasteiger partial charge in [-0.05, 0) is 18.2 Å². The maximum absolute atomic E-state index is 5.98. The predicted octanol–water partition coefficient (Wildman–Crippen LogP) is 5.05. The summed E-state index contributed by atoms with van der Waals surface area (Å²) in [6, 6.07) is 12.0. The van der Waals surface area contributed by atoms with Crippen molar-refractivity contribution in [3.05, 3.63) is 46.3 Å². The van der Waals surface area contributed by atoms with Gasteiger partial charge in [-0.1, -0.05) is 34.1 Å². The summed E-state index contributed by atoms with van der Waals surface area (Å²) >= 11 is 5.11. The molecule has 0 saturated carbocycles. The number of nitrogens with two attached hydrogens (primary N) is 1. The largest absolute Gasteiger partial charge is 0.434 e. The van der Waals surface area contributed by atoms with Crippen molar-refractivity contribution in [3.8, 4) is 11.5 Å². The fourth-order valence-electron chi connectivity index (χ4n) is 2.28. The second kappa shape index (κ2) is 4.33. The Morgan fingerprint density at radius 3 is 2.95 bits per heavy atom. The Morgan fingerprint density at radius 1 is 1.20 bits per heavy atom. The van der Waals surface area contributed by atoms with Crippen LogP contribution in [-0.4, -0.2) is 4.98 Å².